The van der Waals surface area contributed by atoms with Crippen molar-refractivity contribution in [1.29, 1.82) is 0 Å². The molecule has 0 radical (unpaired) electrons. The quantitative estimate of drug-likeness (QED) is 0.391. The van der Waals surface area contributed by atoms with Crippen LogP contribution >= 0.6 is 0 Å². The first-order chi connectivity index (χ1) is 15.5. The normalized spacial score (nSPS) is 11.7. The number of anilines is 2. The highest BCUT2D eigenvalue weighted by Crippen LogP contribution is 2.29. The van der Waals surface area contributed by atoms with Gasteiger partial charge in [0.2, 0.25) is 0 Å². The highest BCUT2D eigenvalue weighted by molar-refractivity contribution is 6.00. The number of benzene rings is 3. The summed E-state index contributed by atoms with van der Waals surface area (Å²) in [4.78, 5) is 12.1. The molecule has 3 aromatic carbocycles. The SMILES string of the molecule is C[C@@H](CNc1nnc(-c2ccccc2)c2ccccc12)NC(=O)Nc1ccc(F)cc1F. The molecule has 8 heteroatoms. The predicted octanol–water partition coefficient (Wildman–Crippen LogP) is 5.20. The number of urea groups is 1. The fourth-order valence-electron chi connectivity index (χ4n) is 3.32. The van der Waals surface area contributed by atoms with E-state index in [0.717, 1.165) is 28.1 Å². The van der Waals surface area contributed by atoms with Crippen LogP contribution in [0.3, 0.4) is 0 Å². The number of halogens is 2. The number of fused-ring (bicyclic) bond motifs is 1. The van der Waals surface area contributed by atoms with Crippen LogP contribution in [0.2, 0.25) is 0 Å². The predicted molar refractivity (Wildman–Crippen MR) is 121 cm³/mol. The lowest BCUT2D eigenvalue weighted by Gasteiger charge is -2.17. The third-order valence-electron chi connectivity index (χ3n) is 4.87. The van der Waals surface area contributed by atoms with Gasteiger partial charge in [-0.3, -0.25) is 0 Å². The fraction of sp³-hybridized carbons (Fsp3) is 0.125. The van der Waals surface area contributed by atoms with Crippen molar-refractivity contribution in [2.24, 2.45) is 0 Å². The molecule has 0 unspecified atom stereocenters. The van der Waals surface area contributed by atoms with Gasteiger partial charge in [0, 0.05) is 35.0 Å². The van der Waals surface area contributed by atoms with Crippen LogP contribution in [-0.2, 0) is 0 Å². The molecule has 0 spiro atoms. The van der Waals surface area contributed by atoms with Gasteiger partial charge in [-0.05, 0) is 19.1 Å². The number of rotatable bonds is 6. The van der Waals surface area contributed by atoms with Gasteiger partial charge in [-0.15, -0.1) is 10.2 Å². The standard InChI is InChI=1S/C24H21F2N5O/c1-15(28-24(32)29-21-12-11-17(25)13-20(21)26)14-27-23-19-10-6-5-9-18(19)22(30-31-23)16-7-3-2-4-8-16/h2-13,15H,14H2,1H3,(H,27,31)(H2,28,29,32)/t15-/m0/s1. The van der Waals surface area contributed by atoms with E-state index in [2.05, 4.69) is 26.1 Å². The molecule has 2 amide bonds. The number of hydrogen-bond donors (Lipinski definition) is 3. The smallest absolute Gasteiger partial charge is 0.319 e. The van der Waals surface area contributed by atoms with Gasteiger partial charge in [-0.2, -0.15) is 0 Å². The van der Waals surface area contributed by atoms with Crippen molar-refractivity contribution in [1.82, 2.24) is 15.5 Å². The summed E-state index contributed by atoms with van der Waals surface area (Å²) in [7, 11) is 0. The van der Waals surface area contributed by atoms with Gasteiger partial charge in [0.05, 0.1) is 5.69 Å². The van der Waals surface area contributed by atoms with Crippen LogP contribution in [0.15, 0.2) is 72.8 Å². The monoisotopic (exact) mass is 433 g/mol. The van der Waals surface area contributed by atoms with Crippen LogP contribution in [0, 0.1) is 11.6 Å². The molecular weight excluding hydrogens is 412 g/mol. The van der Waals surface area contributed by atoms with E-state index in [1.165, 1.54) is 6.07 Å². The van der Waals surface area contributed by atoms with Crippen LogP contribution in [0.5, 0.6) is 0 Å². The molecule has 1 heterocycles. The number of carbonyl (C=O) groups excluding carboxylic acids is 1. The number of amides is 2. The molecule has 0 bridgehead atoms. The lowest BCUT2D eigenvalue weighted by molar-refractivity contribution is 0.249. The zero-order valence-electron chi connectivity index (χ0n) is 17.3. The van der Waals surface area contributed by atoms with Crippen LogP contribution in [0.4, 0.5) is 25.1 Å². The van der Waals surface area contributed by atoms with E-state index in [0.29, 0.717) is 18.4 Å². The van der Waals surface area contributed by atoms with Gasteiger partial charge in [-0.25, -0.2) is 13.6 Å². The lowest BCUT2D eigenvalue weighted by atomic mass is 10.0. The second-order valence-electron chi connectivity index (χ2n) is 7.31. The molecule has 6 nitrogen and oxygen atoms in total. The van der Waals surface area contributed by atoms with Gasteiger partial charge >= 0.3 is 6.03 Å². The lowest BCUT2D eigenvalue weighted by Crippen LogP contribution is -2.40. The Balaban J connectivity index is 1.43. The van der Waals surface area contributed by atoms with E-state index in [9.17, 15) is 13.6 Å². The minimum atomic E-state index is -0.842. The topological polar surface area (TPSA) is 78.9 Å². The maximum atomic E-state index is 13.7. The molecular formula is C24H21F2N5O. The Morgan fingerprint density at radius 3 is 2.41 bits per heavy atom. The van der Waals surface area contributed by atoms with Crippen LogP contribution in [0.25, 0.3) is 22.0 Å². The van der Waals surface area contributed by atoms with Crippen LogP contribution < -0.4 is 16.0 Å². The van der Waals surface area contributed by atoms with Crippen molar-refractivity contribution in [2.75, 3.05) is 17.2 Å². The third kappa shape index (κ3) is 4.80. The minimum absolute atomic E-state index is 0.0996. The van der Waals surface area contributed by atoms with E-state index < -0.39 is 17.7 Å². The number of carbonyl (C=O) groups is 1. The number of aromatic nitrogens is 2. The third-order valence-corrected chi connectivity index (χ3v) is 4.87. The number of nitrogens with zero attached hydrogens (tertiary/aromatic N) is 2. The summed E-state index contributed by atoms with van der Waals surface area (Å²) < 4.78 is 26.7. The minimum Gasteiger partial charge on any atom is -0.366 e. The molecule has 0 saturated heterocycles. The molecule has 0 aliphatic rings. The molecule has 0 aliphatic carbocycles. The molecule has 0 saturated carbocycles. The molecule has 1 atom stereocenters. The van der Waals surface area contributed by atoms with Crippen molar-refractivity contribution >= 4 is 28.3 Å². The highest BCUT2D eigenvalue weighted by Gasteiger charge is 2.13. The highest BCUT2D eigenvalue weighted by atomic mass is 19.1. The Bertz CT molecular complexity index is 1250. The number of nitrogens with one attached hydrogen (secondary N) is 3. The zero-order chi connectivity index (χ0) is 22.5. The maximum Gasteiger partial charge on any atom is 0.319 e. The van der Waals surface area contributed by atoms with Crippen molar-refractivity contribution in [3.05, 3.63) is 84.4 Å². The van der Waals surface area contributed by atoms with Gasteiger partial charge < -0.3 is 16.0 Å². The molecule has 162 valence electrons. The Morgan fingerprint density at radius 1 is 0.938 bits per heavy atom. The fourth-order valence-corrected chi connectivity index (χ4v) is 3.32. The zero-order valence-corrected chi connectivity index (χ0v) is 17.3. The van der Waals surface area contributed by atoms with E-state index >= 15 is 0 Å². The van der Waals surface area contributed by atoms with Crippen molar-refractivity contribution < 1.29 is 13.6 Å². The Labute approximate surface area is 183 Å². The van der Waals surface area contributed by atoms with Crippen LogP contribution in [0.1, 0.15) is 6.92 Å². The Hall–Kier alpha value is -4.07. The molecule has 0 fully saturated rings. The molecule has 0 aliphatic heterocycles. The van der Waals surface area contributed by atoms with Crippen molar-refractivity contribution in [3.63, 3.8) is 0 Å². The van der Waals surface area contributed by atoms with Crippen LogP contribution in [-0.4, -0.2) is 28.8 Å². The molecule has 4 aromatic rings. The first-order valence-electron chi connectivity index (χ1n) is 10.1. The maximum absolute atomic E-state index is 13.7. The Kier molecular flexibility index (Phi) is 6.21. The summed E-state index contributed by atoms with van der Waals surface area (Å²) in [5, 5.41) is 18.9. The molecule has 32 heavy (non-hydrogen) atoms. The summed E-state index contributed by atoms with van der Waals surface area (Å²) in [6.07, 6.45) is 0. The molecule has 1 aromatic heterocycles. The summed E-state index contributed by atoms with van der Waals surface area (Å²) >= 11 is 0. The average Bonchev–Trinajstić information content (AvgIpc) is 2.80. The average molecular weight is 433 g/mol. The largest absolute Gasteiger partial charge is 0.366 e. The second-order valence-corrected chi connectivity index (χ2v) is 7.31. The summed E-state index contributed by atoms with van der Waals surface area (Å²) in [5.41, 5.74) is 1.67. The van der Waals surface area contributed by atoms with E-state index in [1.807, 2.05) is 54.6 Å². The molecule has 4 rings (SSSR count). The Morgan fingerprint density at radius 2 is 1.66 bits per heavy atom. The first kappa shape index (κ1) is 21.2. The number of hydrogen-bond acceptors (Lipinski definition) is 4. The van der Waals surface area contributed by atoms with Gasteiger partial charge in [0.15, 0.2) is 5.82 Å². The van der Waals surface area contributed by atoms with Gasteiger partial charge in [0.25, 0.3) is 0 Å². The van der Waals surface area contributed by atoms with Crippen molar-refractivity contribution in [2.45, 2.75) is 13.0 Å². The molecule has 3 N–H and O–H groups in total. The summed E-state index contributed by atoms with van der Waals surface area (Å²) in [6.45, 7) is 2.16. The second kappa shape index (κ2) is 9.38. The van der Waals surface area contributed by atoms with E-state index in [4.69, 9.17) is 0 Å². The van der Waals surface area contributed by atoms with Gasteiger partial charge in [0.1, 0.15) is 17.3 Å². The summed E-state index contributed by atoms with van der Waals surface area (Å²) in [5.74, 6) is -0.956. The van der Waals surface area contributed by atoms with E-state index in [-0.39, 0.29) is 11.7 Å². The van der Waals surface area contributed by atoms with E-state index in [1.54, 1.807) is 6.92 Å². The summed E-state index contributed by atoms with van der Waals surface area (Å²) in [6, 6.07) is 19.7. The first-order valence-corrected chi connectivity index (χ1v) is 10.1. The van der Waals surface area contributed by atoms with Gasteiger partial charge in [-0.1, -0.05) is 54.6 Å². The van der Waals surface area contributed by atoms with Crippen molar-refractivity contribution in [3.8, 4) is 11.3 Å².